The normalized spacial score (nSPS) is 11.4. The number of carbonyl (C=O) groups excluding carboxylic acids is 1. The molecule has 0 fully saturated rings. The van der Waals surface area contributed by atoms with Crippen LogP contribution in [0.25, 0.3) is 0 Å². The number of rotatable bonds is 4. The van der Waals surface area contributed by atoms with Crippen LogP contribution in [0.2, 0.25) is 0 Å². The van der Waals surface area contributed by atoms with Crippen LogP contribution in [0.3, 0.4) is 0 Å². The molecule has 0 bridgehead atoms. The molecular formula is C11H11F3O. The maximum absolute atomic E-state index is 12.1. The van der Waals surface area contributed by atoms with Crippen LogP contribution < -0.4 is 0 Å². The van der Waals surface area contributed by atoms with Gasteiger partial charge in [0.05, 0.1) is 6.42 Å². The van der Waals surface area contributed by atoms with Gasteiger partial charge in [-0.2, -0.15) is 13.2 Å². The lowest BCUT2D eigenvalue weighted by molar-refractivity contribution is -0.127. The lowest BCUT2D eigenvalue weighted by Crippen LogP contribution is -2.11. The van der Waals surface area contributed by atoms with Crippen LogP contribution in [0.1, 0.15) is 17.5 Å². The van der Waals surface area contributed by atoms with E-state index in [0.717, 1.165) is 11.8 Å². The fourth-order valence-corrected chi connectivity index (χ4v) is 1.35. The molecular weight excluding hydrogens is 205 g/mol. The van der Waals surface area contributed by atoms with Crippen LogP contribution in [0.5, 0.6) is 0 Å². The molecule has 0 amide bonds. The fourth-order valence-electron chi connectivity index (χ4n) is 1.35. The number of halogens is 3. The summed E-state index contributed by atoms with van der Waals surface area (Å²) in [5, 5.41) is 0. The molecule has 0 heterocycles. The monoisotopic (exact) mass is 216 g/mol. The van der Waals surface area contributed by atoms with Crippen molar-refractivity contribution >= 4 is 6.29 Å². The zero-order chi connectivity index (χ0) is 11.3. The van der Waals surface area contributed by atoms with E-state index >= 15 is 0 Å². The zero-order valence-electron chi connectivity index (χ0n) is 8.05. The second kappa shape index (κ2) is 4.96. The van der Waals surface area contributed by atoms with E-state index in [1.807, 2.05) is 0 Å². The number of benzene rings is 1. The second-order valence-corrected chi connectivity index (χ2v) is 3.32. The summed E-state index contributed by atoms with van der Waals surface area (Å²) in [5.41, 5.74) is 1.01. The summed E-state index contributed by atoms with van der Waals surface area (Å²) in [7, 11) is 0. The third-order valence-electron chi connectivity index (χ3n) is 1.95. The summed E-state index contributed by atoms with van der Waals surface area (Å²) in [6, 6.07) is 6.25. The lowest BCUT2D eigenvalue weighted by Gasteiger charge is -2.07. The van der Waals surface area contributed by atoms with Crippen molar-refractivity contribution in [3.63, 3.8) is 0 Å². The average molecular weight is 216 g/mol. The Bertz CT molecular complexity index is 331. The first-order chi connectivity index (χ1) is 7.01. The maximum Gasteiger partial charge on any atom is 0.393 e. The molecule has 0 aliphatic carbocycles. The summed E-state index contributed by atoms with van der Waals surface area (Å²) < 4.78 is 36.2. The van der Waals surface area contributed by atoms with Gasteiger partial charge in [-0.05, 0) is 17.5 Å². The van der Waals surface area contributed by atoms with Crippen LogP contribution in [0, 0.1) is 0 Å². The van der Waals surface area contributed by atoms with E-state index in [2.05, 4.69) is 0 Å². The first-order valence-corrected chi connectivity index (χ1v) is 4.59. The molecule has 0 spiro atoms. The molecule has 0 aliphatic heterocycles. The van der Waals surface area contributed by atoms with Gasteiger partial charge in [0.2, 0.25) is 0 Å². The molecule has 15 heavy (non-hydrogen) atoms. The summed E-state index contributed by atoms with van der Waals surface area (Å²) in [6.07, 6.45) is -3.49. The summed E-state index contributed by atoms with van der Waals surface area (Å²) >= 11 is 0. The largest absolute Gasteiger partial charge is 0.393 e. The van der Waals surface area contributed by atoms with Crippen molar-refractivity contribution in [1.82, 2.24) is 0 Å². The molecule has 82 valence electrons. The smallest absolute Gasteiger partial charge is 0.303 e. The standard InChI is InChI=1S/C11H11F3O/c12-11(13,14)8-10-4-1-3-9(7-10)5-2-6-15/h1,3-4,6-7H,2,5,8H2. The van der Waals surface area contributed by atoms with Crippen molar-refractivity contribution in [3.05, 3.63) is 35.4 Å². The number of alkyl halides is 3. The SMILES string of the molecule is O=CCCc1cccc(CC(F)(F)F)c1. The molecule has 4 heteroatoms. The Morgan fingerprint density at radius 2 is 1.87 bits per heavy atom. The fraction of sp³-hybridized carbons (Fsp3) is 0.364. The highest BCUT2D eigenvalue weighted by molar-refractivity contribution is 5.50. The van der Waals surface area contributed by atoms with Crippen LogP contribution in [0.4, 0.5) is 13.2 Å². The Morgan fingerprint density at radius 1 is 1.20 bits per heavy atom. The Hall–Kier alpha value is -1.32. The Kier molecular flexibility index (Phi) is 3.88. The van der Waals surface area contributed by atoms with Gasteiger partial charge in [0.1, 0.15) is 6.29 Å². The molecule has 0 N–H and O–H groups in total. The molecule has 1 aromatic carbocycles. The van der Waals surface area contributed by atoms with Crippen molar-refractivity contribution in [1.29, 1.82) is 0 Å². The Morgan fingerprint density at radius 3 is 2.47 bits per heavy atom. The molecule has 0 saturated heterocycles. The lowest BCUT2D eigenvalue weighted by atomic mass is 10.0. The molecule has 1 aromatic rings. The first-order valence-electron chi connectivity index (χ1n) is 4.59. The van der Waals surface area contributed by atoms with E-state index in [1.165, 1.54) is 12.1 Å². The van der Waals surface area contributed by atoms with Crippen molar-refractivity contribution < 1.29 is 18.0 Å². The third kappa shape index (κ3) is 4.63. The Balaban J connectivity index is 2.69. The minimum Gasteiger partial charge on any atom is -0.303 e. The molecule has 1 nitrogen and oxygen atoms in total. The van der Waals surface area contributed by atoms with E-state index in [-0.39, 0.29) is 5.56 Å². The molecule has 0 atom stereocenters. The predicted octanol–water partition coefficient (Wildman–Crippen LogP) is 2.92. The van der Waals surface area contributed by atoms with E-state index in [1.54, 1.807) is 12.1 Å². The molecule has 0 aliphatic rings. The molecule has 0 aromatic heterocycles. The average Bonchev–Trinajstić information content (AvgIpc) is 2.12. The molecule has 0 unspecified atom stereocenters. The number of carbonyl (C=O) groups is 1. The van der Waals surface area contributed by atoms with Gasteiger partial charge in [0.25, 0.3) is 0 Å². The van der Waals surface area contributed by atoms with Crippen molar-refractivity contribution in [2.75, 3.05) is 0 Å². The van der Waals surface area contributed by atoms with Gasteiger partial charge in [-0.15, -0.1) is 0 Å². The highest BCUT2D eigenvalue weighted by atomic mass is 19.4. The minimum atomic E-state index is -4.18. The van der Waals surface area contributed by atoms with E-state index in [4.69, 9.17) is 0 Å². The number of aryl methyl sites for hydroxylation is 1. The Labute approximate surface area is 85.9 Å². The predicted molar refractivity (Wildman–Crippen MR) is 50.6 cm³/mol. The van der Waals surface area contributed by atoms with Crippen molar-refractivity contribution in [3.8, 4) is 0 Å². The molecule has 0 saturated carbocycles. The van der Waals surface area contributed by atoms with Crippen LogP contribution >= 0.6 is 0 Å². The summed E-state index contributed by atoms with van der Waals surface area (Å²) in [4.78, 5) is 10.1. The highest BCUT2D eigenvalue weighted by Gasteiger charge is 2.27. The van der Waals surface area contributed by atoms with Crippen LogP contribution in [-0.4, -0.2) is 12.5 Å². The van der Waals surface area contributed by atoms with Crippen LogP contribution in [-0.2, 0) is 17.6 Å². The van der Waals surface area contributed by atoms with Gasteiger partial charge >= 0.3 is 6.18 Å². The summed E-state index contributed by atoms with van der Waals surface area (Å²) in [5.74, 6) is 0. The van der Waals surface area contributed by atoms with Gasteiger partial charge in [-0.25, -0.2) is 0 Å². The third-order valence-corrected chi connectivity index (χ3v) is 1.95. The first kappa shape index (κ1) is 11.8. The van der Waals surface area contributed by atoms with Gasteiger partial charge in [-0.3, -0.25) is 0 Å². The van der Waals surface area contributed by atoms with E-state index in [0.29, 0.717) is 12.8 Å². The minimum absolute atomic E-state index is 0.242. The van der Waals surface area contributed by atoms with Crippen molar-refractivity contribution in [2.45, 2.75) is 25.4 Å². The number of aldehydes is 1. The van der Waals surface area contributed by atoms with Crippen LogP contribution in [0.15, 0.2) is 24.3 Å². The van der Waals surface area contributed by atoms with Gasteiger partial charge in [0.15, 0.2) is 0 Å². The molecule has 1 rings (SSSR count). The summed E-state index contributed by atoms with van der Waals surface area (Å²) in [6.45, 7) is 0. The van der Waals surface area contributed by atoms with Gasteiger partial charge in [-0.1, -0.05) is 24.3 Å². The van der Waals surface area contributed by atoms with E-state index in [9.17, 15) is 18.0 Å². The second-order valence-electron chi connectivity index (χ2n) is 3.32. The van der Waals surface area contributed by atoms with Gasteiger partial charge in [0, 0.05) is 6.42 Å². The number of hydrogen-bond donors (Lipinski definition) is 0. The quantitative estimate of drug-likeness (QED) is 0.707. The zero-order valence-corrected chi connectivity index (χ0v) is 8.05. The highest BCUT2D eigenvalue weighted by Crippen LogP contribution is 2.21. The van der Waals surface area contributed by atoms with E-state index < -0.39 is 12.6 Å². The number of hydrogen-bond acceptors (Lipinski definition) is 1. The maximum atomic E-state index is 12.1. The van der Waals surface area contributed by atoms with Crippen molar-refractivity contribution in [2.24, 2.45) is 0 Å². The topological polar surface area (TPSA) is 17.1 Å². The molecule has 0 radical (unpaired) electrons. The van der Waals surface area contributed by atoms with Gasteiger partial charge < -0.3 is 4.79 Å².